The lowest BCUT2D eigenvalue weighted by atomic mass is 10.1. The highest BCUT2D eigenvalue weighted by Crippen LogP contribution is 2.35. The zero-order valence-corrected chi connectivity index (χ0v) is 22.4. The molecule has 1 aliphatic carbocycles. The number of benzene rings is 1. The molecule has 0 atom stereocenters. The number of piperidine rings is 1. The smallest absolute Gasteiger partial charge is 0.409 e. The van der Waals surface area contributed by atoms with E-state index in [1.54, 1.807) is 12.0 Å². The van der Waals surface area contributed by atoms with E-state index < -0.39 is 0 Å². The number of para-hydroxylation sites is 1. The summed E-state index contributed by atoms with van der Waals surface area (Å²) in [6.45, 7) is 6.94. The summed E-state index contributed by atoms with van der Waals surface area (Å²) in [4.78, 5) is 18.5. The summed E-state index contributed by atoms with van der Waals surface area (Å²) < 4.78 is 17.0. The fraction of sp³-hybridized carbons (Fsp3) is 0.667. The summed E-state index contributed by atoms with van der Waals surface area (Å²) >= 11 is 0. The van der Waals surface area contributed by atoms with E-state index in [1.165, 1.54) is 12.8 Å². The Kier molecular flexibility index (Phi) is 11.9. The number of methoxy groups -OCH3 is 1. The molecule has 0 bridgehead atoms. The Morgan fingerprint density at radius 3 is 2.52 bits per heavy atom. The lowest BCUT2D eigenvalue weighted by Gasteiger charge is -2.32. The predicted octanol–water partition coefficient (Wildman–Crippen LogP) is 4.31. The molecule has 1 amide bonds. The fourth-order valence-corrected chi connectivity index (χ4v) is 4.25. The molecule has 186 valence electrons. The van der Waals surface area contributed by atoms with Crippen LogP contribution in [0.15, 0.2) is 23.2 Å². The van der Waals surface area contributed by atoms with E-state index in [0.29, 0.717) is 26.2 Å². The Morgan fingerprint density at radius 2 is 1.88 bits per heavy atom. The van der Waals surface area contributed by atoms with E-state index in [4.69, 9.17) is 19.2 Å². The van der Waals surface area contributed by atoms with Crippen LogP contribution in [0.25, 0.3) is 0 Å². The maximum atomic E-state index is 11.9. The van der Waals surface area contributed by atoms with Crippen LogP contribution in [-0.2, 0) is 11.3 Å². The number of nitrogens with one attached hydrogen (secondary N) is 2. The van der Waals surface area contributed by atoms with Gasteiger partial charge in [-0.05, 0) is 58.4 Å². The van der Waals surface area contributed by atoms with Crippen LogP contribution in [0.3, 0.4) is 0 Å². The number of carbonyl (C=O) groups is 1. The number of amides is 1. The molecule has 33 heavy (non-hydrogen) atoms. The first kappa shape index (κ1) is 27.3. The van der Waals surface area contributed by atoms with Crippen LogP contribution in [0, 0.1) is 0 Å². The molecule has 1 saturated carbocycles. The summed E-state index contributed by atoms with van der Waals surface area (Å²) in [5.41, 5.74) is 1.02. The summed E-state index contributed by atoms with van der Waals surface area (Å²) in [6.07, 6.45) is 6.37. The van der Waals surface area contributed by atoms with Gasteiger partial charge in [-0.3, -0.25) is 0 Å². The minimum Gasteiger partial charge on any atom is -0.493 e. The zero-order chi connectivity index (χ0) is 22.8. The Morgan fingerprint density at radius 1 is 1.15 bits per heavy atom. The molecule has 1 saturated heterocycles. The van der Waals surface area contributed by atoms with Crippen molar-refractivity contribution in [2.45, 2.75) is 71.1 Å². The van der Waals surface area contributed by atoms with Crippen molar-refractivity contribution in [3.05, 3.63) is 23.8 Å². The number of guanidine groups is 1. The third-order valence-electron chi connectivity index (χ3n) is 5.98. The molecule has 3 rings (SSSR count). The van der Waals surface area contributed by atoms with Gasteiger partial charge in [-0.1, -0.05) is 12.1 Å². The second-order valence-electron chi connectivity index (χ2n) is 8.27. The summed E-state index contributed by atoms with van der Waals surface area (Å²) in [5, 5.41) is 6.87. The average Bonchev–Trinajstić information content (AvgIpc) is 3.32. The molecule has 2 fully saturated rings. The predicted molar refractivity (Wildman–Crippen MR) is 141 cm³/mol. The van der Waals surface area contributed by atoms with Crippen LogP contribution in [0.4, 0.5) is 4.79 Å². The van der Waals surface area contributed by atoms with Crippen molar-refractivity contribution in [3.63, 3.8) is 0 Å². The van der Waals surface area contributed by atoms with Gasteiger partial charge in [0.25, 0.3) is 0 Å². The Labute approximate surface area is 214 Å². The summed E-state index contributed by atoms with van der Waals surface area (Å²) in [5.74, 6) is 2.34. The van der Waals surface area contributed by atoms with Crippen molar-refractivity contribution in [2.24, 2.45) is 4.99 Å². The molecule has 1 heterocycles. The molecule has 1 aromatic rings. The number of hydrogen-bond acceptors (Lipinski definition) is 5. The van der Waals surface area contributed by atoms with Crippen LogP contribution in [0.1, 0.15) is 57.9 Å². The van der Waals surface area contributed by atoms with Gasteiger partial charge in [0.15, 0.2) is 17.5 Å². The highest BCUT2D eigenvalue weighted by atomic mass is 127. The molecule has 2 N–H and O–H groups in total. The van der Waals surface area contributed by atoms with Crippen LogP contribution in [0.5, 0.6) is 11.5 Å². The molecule has 0 unspecified atom stereocenters. The van der Waals surface area contributed by atoms with Gasteiger partial charge in [-0.15, -0.1) is 24.0 Å². The molecule has 0 spiro atoms. The zero-order valence-electron chi connectivity index (χ0n) is 20.1. The van der Waals surface area contributed by atoms with E-state index in [9.17, 15) is 4.79 Å². The number of likely N-dealkylation sites (tertiary alicyclic amines) is 1. The van der Waals surface area contributed by atoms with Gasteiger partial charge < -0.3 is 29.7 Å². The van der Waals surface area contributed by atoms with Gasteiger partial charge in [0.2, 0.25) is 0 Å². The minimum absolute atomic E-state index is 0. The van der Waals surface area contributed by atoms with Crippen molar-refractivity contribution in [3.8, 4) is 11.5 Å². The number of nitrogens with zero attached hydrogens (tertiary/aromatic N) is 2. The number of halogens is 1. The molecule has 1 aromatic carbocycles. The highest BCUT2D eigenvalue weighted by molar-refractivity contribution is 14.0. The number of carbonyl (C=O) groups excluding carboxylic acids is 1. The van der Waals surface area contributed by atoms with Crippen molar-refractivity contribution in [2.75, 3.05) is 33.4 Å². The molecule has 0 aromatic heterocycles. The maximum Gasteiger partial charge on any atom is 0.409 e. The van der Waals surface area contributed by atoms with Crippen molar-refractivity contribution < 1.29 is 19.0 Å². The summed E-state index contributed by atoms with van der Waals surface area (Å²) in [6, 6.07) is 6.24. The first-order valence-corrected chi connectivity index (χ1v) is 11.9. The van der Waals surface area contributed by atoms with Crippen molar-refractivity contribution in [1.29, 1.82) is 0 Å². The fourth-order valence-electron chi connectivity index (χ4n) is 4.25. The van der Waals surface area contributed by atoms with Gasteiger partial charge in [0.05, 0.1) is 26.4 Å². The lowest BCUT2D eigenvalue weighted by Crippen LogP contribution is -2.49. The maximum absolute atomic E-state index is 11.9. The SMILES string of the molecule is CCNC(=NCc1cccc(OC)c1OC1CCCC1)NC1CCN(C(=O)OCC)CC1.I. The number of ether oxygens (including phenoxy) is 3. The largest absolute Gasteiger partial charge is 0.493 e. The van der Waals surface area contributed by atoms with E-state index in [0.717, 1.165) is 55.3 Å². The highest BCUT2D eigenvalue weighted by Gasteiger charge is 2.24. The topological polar surface area (TPSA) is 84.4 Å². The van der Waals surface area contributed by atoms with E-state index >= 15 is 0 Å². The molecule has 0 radical (unpaired) electrons. The van der Waals surface area contributed by atoms with Gasteiger partial charge in [0, 0.05) is 31.2 Å². The van der Waals surface area contributed by atoms with Gasteiger partial charge in [0.1, 0.15) is 0 Å². The van der Waals surface area contributed by atoms with Crippen LogP contribution in [0.2, 0.25) is 0 Å². The minimum atomic E-state index is -0.223. The molecule has 1 aliphatic heterocycles. The first-order valence-electron chi connectivity index (χ1n) is 11.9. The molecular formula is C24H39IN4O4. The normalized spacial score (nSPS) is 17.3. The van der Waals surface area contributed by atoms with Crippen molar-refractivity contribution >= 4 is 36.0 Å². The third-order valence-corrected chi connectivity index (χ3v) is 5.98. The standard InChI is InChI=1S/C24H38N4O4.HI/c1-4-25-23(27-19-13-15-28(16-14-19)24(29)31-5-2)26-17-18-9-8-12-21(30-3)22(18)32-20-10-6-7-11-20;/h8-9,12,19-20H,4-7,10-11,13-17H2,1-3H3,(H2,25,26,27);1H. The van der Waals surface area contributed by atoms with Crippen LogP contribution in [-0.4, -0.2) is 62.4 Å². The third kappa shape index (κ3) is 8.12. The Bertz CT molecular complexity index is 763. The second-order valence-corrected chi connectivity index (χ2v) is 8.27. The van der Waals surface area contributed by atoms with E-state index in [2.05, 4.69) is 23.6 Å². The molecule has 8 nitrogen and oxygen atoms in total. The Balaban J connectivity index is 0.00000385. The van der Waals surface area contributed by atoms with Gasteiger partial charge in [-0.2, -0.15) is 0 Å². The van der Waals surface area contributed by atoms with Gasteiger partial charge in [-0.25, -0.2) is 9.79 Å². The monoisotopic (exact) mass is 574 g/mol. The second kappa shape index (κ2) is 14.4. The molecular weight excluding hydrogens is 535 g/mol. The quantitative estimate of drug-likeness (QED) is 0.274. The molecule has 9 heteroatoms. The van der Waals surface area contributed by atoms with Crippen LogP contribution >= 0.6 is 24.0 Å². The molecule has 2 aliphatic rings. The first-order chi connectivity index (χ1) is 15.6. The number of aliphatic imine (C=N–C) groups is 1. The average molecular weight is 575 g/mol. The van der Waals surface area contributed by atoms with Crippen molar-refractivity contribution in [1.82, 2.24) is 15.5 Å². The van der Waals surface area contributed by atoms with Gasteiger partial charge >= 0.3 is 6.09 Å². The Hall–Kier alpha value is -1.91. The number of hydrogen-bond donors (Lipinski definition) is 2. The summed E-state index contributed by atoms with van der Waals surface area (Å²) in [7, 11) is 1.68. The van der Waals surface area contributed by atoms with Crippen LogP contribution < -0.4 is 20.1 Å². The van der Waals surface area contributed by atoms with E-state index in [-0.39, 0.29) is 42.2 Å². The lowest BCUT2D eigenvalue weighted by molar-refractivity contribution is 0.0963. The number of rotatable bonds is 8. The van der Waals surface area contributed by atoms with E-state index in [1.807, 2.05) is 19.1 Å².